The van der Waals surface area contributed by atoms with Gasteiger partial charge in [0.05, 0.1) is 16.1 Å². The molecule has 0 amide bonds. The maximum absolute atomic E-state index is 12.3. The summed E-state index contributed by atoms with van der Waals surface area (Å²) in [6.45, 7) is 5.15. The average Bonchev–Trinajstić information content (AvgIpc) is 3.36. The number of hydrogen-bond acceptors (Lipinski definition) is 5. The molecule has 244 valence electrons. The molecule has 6 aromatic rings. The van der Waals surface area contributed by atoms with E-state index >= 15 is 0 Å². The summed E-state index contributed by atoms with van der Waals surface area (Å²) in [5.41, 5.74) is 9.14. The molecule has 1 aliphatic heterocycles. The van der Waals surface area contributed by atoms with Gasteiger partial charge in [-0.05, 0) is 79.3 Å². The maximum Gasteiger partial charge on any atom is 0.294 e. The molecule has 0 radical (unpaired) electrons. The van der Waals surface area contributed by atoms with Crippen molar-refractivity contribution in [1.29, 1.82) is 0 Å². The molecule has 0 aliphatic carbocycles. The van der Waals surface area contributed by atoms with Gasteiger partial charge in [0.15, 0.2) is 0 Å². The lowest BCUT2D eigenvalue weighted by Gasteiger charge is -2.22. The van der Waals surface area contributed by atoms with Crippen LogP contribution in [0.2, 0.25) is 5.02 Å². The molecule has 1 unspecified atom stereocenters. The maximum atomic E-state index is 12.3. The fourth-order valence-corrected chi connectivity index (χ4v) is 8.78. The number of aryl methyl sites for hydroxylation is 2. The molecule has 9 heteroatoms. The van der Waals surface area contributed by atoms with E-state index in [2.05, 4.69) is 46.8 Å². The van der Waals surface area contributed by atoms with Crippen molar-refractivity contribution >= 4 is 44.4 Å². The minimum absolute atomic E-state index is 0.0371. The summed E-state index contributed by atoms with van der Waals surface area (Å²) in [4.78, 5) is 5.85. The van der Waals surface area contributed by atoms with Crippen LogP contribution in [0.3, 0.4) is 0 Å². The van der Waals surface area contributed by atoms with Gasteiger partial charge in [0.1, 0.15) is 12.4 Å². The molecule has 3 heterocycles. The minimum atomic E-state index is -4.36. The lowest BCUT2D eigenvalue weighted by Crippen LogP contribution is -2.11. The van der Waals surface area contributed by atoms with Crippen LogP contribution in [0, 0.1) is 6.92 Å². The minimum Gasteiger partial charge on any atom is -0.487 e. The second-order valence-electron chi connectivity index (χ2n) is 12.3. The first-order valence-corrected chi connectivity index (χ1v) is 18.6. The van der Waals surface area contributed by atoms with Crippen molar-refractivity contribution in [3.05, 3.63) is 142 Å². The Morgan fingerprint density at radius 1 is 0.958 bits per heavy atom. The fourth-order valence-electron chi connectivity index (χ4n) is 6.57. The van der Waals surface area contributed by atoms with E-state index < -0.39 is 10.1 Å². The lowest BCUT2D eigenvalue weighted by atomic mass is 10.0. The molecule has 48 heavy (non-hydrogen) atoms. The van der Waals surface area contributed by atoms with Gasteiger partial charge in [-0.25, -0.2) is 0 Å². The van der Waals surface area contributed by atoms with Gasteiger partial charge in [0.2, 0.25) is 0 Å². The van der Waals surface area contributed by atoms with Crippen LogP contribution in [0.5, 0.6) is 5.75 Å². The number of thioether (sulfide) groups is 1. The Morgan fingerprint density at radius 3 is 2.48 bits per heavy atom. The number of nitrogens with zero attached hydrogens (tertiary/aromatic N) is 2. The van der Waals surface area contributed by atoms with E-state index in [1.807, 2.05) is 79.5 Å². The highest BCUT2D eigenvalue weighted by atomic mass is 35.5. The number of pyridine rings is 1. The third-order valence-corrected chi connectivity index (χ3v) is 11.3. The van der Waals surface area contributed by atoms with E-state index in [0.717, 1.165) is 51.3 Å². The highest BCUT2D eigenvalue weighted by molar-refractivity contribution is 8.00. The summed E-state index contributed by atoms with van der Waals surface area (Å²) in [7, 11) is -4.36. The molecular formula is C39H35ClN2O4S2. The predicted molar refractivity (Wildman–Crippen MR) is 194 cm³/mol. The smallest absolute Gasteiger partial charge is 0.294 e. The van der Waals surface area contributed by atoms with E-state index in [1.54, 1.807) is 6.07 Å². The number of rotatable bonds is 10. The molecule has 2 aromatic heterocycles. The van der Waals surface area contributed by atoms with Crippen molar-refractivity contribution in [3.8, 4) is 16.9 Å². The summed E-state index contributed by atoms with van der Waals surface area (Å²) in [5, 5.41) is 2.18. The van der Waals surface area contributed by atoms with Gasteiger partial charge in [-0.15, -0.1) is 11.8 Å². The van der Waals surface area contributed by atoms with Crippen LogP contribution in [0.1, 0.15) is 40.6 Å². The zero-order valence-corrected chi connectivity index (χ0v) is 29.1. The van der Waals surface area contributed by atoms with Crippen molar-refractivity contribution in [2.75, 3.05) is 0 Å². The summed E-state index contributed by atoms with van der Waals surface area (Å²) >= 11 is 8.08. The van der Waals surface area contributed by atoms with Gasteiger partial charge in [0, 0.05) is 50.1 Å². The van der Waals surface area contributed by atoms with Gasteiger partial charge in [-0.1, -0.05) is 84.8 Å². The molecule has 6 nitrogen and oxygen atoms in total. The predicted octanol–water partition coefficient (Wildman–Crippen LogP) is 9.36. The molecule has 7 rings (SSSR count). The van der Waals surface area contributed by atoms with Crippen LogP contribution in [0.4, 0.5) is 0 Å². The molecule has 1 aliphatic rings. The van der Waals surface area contributed by atoms with Crippen LogP contribution < -0.4 is 4.74 Å². The number of ether oxygens (including phenoxy) is 1. The van der Waals surface area contributed by atoms with E-state index in [1.165, 1.54) is 21.9 Å². The largest absolute Gasteiger partial charge is 0.487 e. The highest BCUT2D eigenvalue weighted by Crippen LogP contribution is 2.47. The molecular weight excluding hydrogens is 660 g/mol. The Hall–Kier alpha value is -4.08. The average molecular weight is 695 g/mol. The second kappa shape index (κ2) is 13.4. The van der Waals surface area contributed by atoms with Crippen molar-refractivity contribution in [1.82, 2.24) is 9.55 Å². The molecule has 0 spiro atoms. The van der Waals surface area contributed by atoms with Gasteiger partial charge in [-0.2, -0.15) is 8.42 Å². The van der Waals surface area contributed by atoms with Crippen molar-refractivity contribution in [2.24, 2.45) is 0 Å². The molecule has 1 atom stereocenters. The van der Waals surface area contributed by atoms with Gasteiger partial charge < -0.3 is 9.30 Å². The van der Waals surface area contributed by atoms with Gasteiger partial charge in [0.25, 0.3) is 10.1 Å². The van der Waals surface area contributed by atoms with Gasteiger partial charge in [-0.3, -0.25) is 9.54 Å². The highest BCUT2D eigenvalue weighted by Gasteiger charge is 2.29. The van der Waals surface area contributed by atoms with Crippen molar-refractivity contribution in [3.63, 3.8) is 0 Å². The zero-order chi connectivity index (χ0) is 33.4. The first-order valence-electron chi connectivity index (χ1n) is 15.9. The Balaban J connectivity index is 1.26. The van der Waals surface area contributed by atoms with Crippen molar-refractivity contribution < 1.29 is 17.7 Å². The third kappa shape index (κ3) is 6.76. The zero-order valence-electron chi connectivity index (χ0n) is 26.7. The van der Waals surface area contributed by atoms with Crippen LogP contribution in [0.25, 0.3) is 22.0 Å². The van der Waals surface area contributed by atoms with E-state index in [0.29, 0.717) is 41.8 Å². The normalized spacial score (nSPS) is 14.4. The van der Waals surface area contributed by atoms with E-state index in [4.69, 9.17) is 16.3 Å². The molecule has 4 aromatic carbocycles. The Kier molecular flexibility index (Phi) is 9.09. The monoisotopic (exact) mass is 694 g/mol. The second-order valence-corrected chi connectivity index (χ2v) is 15.6. The number of hydrogen-bond donors (Lipinski definition) is 1. The van der Waals surface area contributed by atoms with E-state index in [-0.39, 0.29) is 4.90 Å². The Bertz CT molecular complexity index is 2220. The van der Waals surface area contributed by atoms with Crippen LogP contribution in [-0.4, -0.2) is 27.8 Å². The molecule has 0 bridgehead atoms. The Labute approximate surface area is 290 Å². The molecule has 0 saturated carbocycles. The topological polar surface area (TPSA) is 81.4 Å². The van der Waals surface area contributed by atoms with E-state index in [9.17, 15) is 13.0 Å². The Morgan fingerprint density at radius 2 is 1.75 bits per heavy atom. The first kappa shape index (κ1) is 32.5. The van der Waals surface area contributed by atoms with Gasteiger partial charge >= 0.3 is 0 Å². The number of aromatic nitrogens is 2. The van der Waals surface area contributed by atoms with Crippen LogP contribution in [-0.2, 0) is 42.5 Å². The summed E-state index contributed by atoms with van der Waals surface area (Å²) in [6, 6.07) is 31.5. The standard InChI is InChI=1S/C39H35ClN2O4S2/c1-25-8-19-37(48(43,44)45)29(20-25)12-16-35-39-38-33(21-26(2)47-39)36(18-17-34(38)42(35)23-27-9-13-31(40)14-10-27)46-24-32-15-11-30(22-41-32)28-6-4-3-5-7-28/h3-11,13-15,17-20,22,26H,12,16,21,23-24H2,1-2H3,(H,43,44,45). The fraction of sp³-hybridized carbons (Fsp3) is 0.205. The van der Waals surface area contributed by atoms with Crippen LogP contribution in [0.15, 0.2) is 113 Å². The molecule has 1 N–H and O–H groups in total. The summed E-state index contributed by atoms with van der Waals surface area (Å²) in [5.74, 6) is 0.854. The SMILES string of the molecule is Cc1ccc(S(=O)(=O)O)c(CCc2c3c4c(c(OCc5ccc(-c6ccccc6)cn5)ccc4n2Cc2ccc(Cl)cc2)CC(C)S3)c1. The van der Waals surface area contributed by atoms with Crippen molar-refractivity contribution in [2.45, 2.75) is 61.3 Å². The number of benzene rings is 4. The summed E-state index contributed by atoms with van der Waals surface area (Å²) < 4.78 is 43.4. The molecule has 0 fully saturated rings. The lowest BCUT2D eigenvalue weighted by molar-refractivity contribution is 0.298. The quantitative estimate of drug-likeness (QED) is 0.144. The third-order valence-electron chi connectivity index (χ3n) is 8.85. The first-order chi connectivity index (χ1) is 23.1. The molecule has 0 saturated heterocycles. The number of halogens is 1. The van der Waals surface area contributed by atoms with Crippen LogP contribution >= 0.6 is 23.4 Å². The summed E-state index contributed by atoms with van der Waals surface area (Å²) in [6.07, 6.45) is 3.80.